The highest BCUT2D eigenvalue weighted by atomic mass is 16.5. The smallest absolute Gasteiger partial charge is 0.336 e. The zero-order chi connectivity index (χ0) is 31.1. The molecule has 43 heavy (non-hydrogen) atoms. The van der Waals surface area contributed by atoms with Crippen LogP contribution in [0.1, 0.15) is 36.8 Å². The molecule has 0 heterocycles. The second-order valence-electron chi connectivity index (χ2n) is 9.29. The monoisotopic (exact) mass is 584 g/mol. The van der Waals surface area contributed by atoms with E-state index in [1.165, 1.54) is 18.2 Å². The molecule has 0 radical (unpaired) electrons. The Bertz CT molecular complexity index is 1280. The lowest BCUT2D eigenvalue weighted by atomic mass is 10.0. The molecular weight excluding hydrogens is 544 g/mol. The van der Waals surface area contributed by atoms with Crippen molar-refractivity contribution in [3.63, 3.8) is 0 Å². The number of benzene rings is 3. The maximum atomic E-state index is 12.2. The van der Waals surface area contributed by atoms with Crippen LogP contribution in [0, 0.1) is 0 Å². The minimum absolute atomic E-state index is 0.371. The van der Waals surface area contributed by atoms with E-state index in [9.17, 15) is 9.59 Å². The molecule has 7 heteroatoms. The molecule has 0 saturated heterocycles. The number of methoxy groups -OCH3 is 1. The van der Waals surface area contributed by atoms with Crippen molar-refractivity contribution in [2.45, 2.75) is 32.1 Å². The zero-order valence-electron chi connectivity index (χ0n) is 24.7. The van der Waals surface area contributed by atoms with Gasteiger partial charge in [-0.15, -0.1) is 0 Å². The van der Waals surface area contributed by atoms with Crippen molar-refractivity contribution in [3.8, 4) is 22.6 Å². The van der Waals surface area contributed by atoms with Crippen LogP contribution >= 0.6 is 0 Å². The molecule has 0 atom stereocenters. The van der Waals surface area contributed by atoms with Gasteiger partial charge >= 0.3 is 11.9 Å². The van der Waals surface area contributed by atoms with E-state index in [1.807, 2.05) is 60.7 Å². The van der Waals surface area contributed by atoms with Gasteiger partial charge in [0.05, 0.1) is 19.8 Å². The van der Waals surface area contributed by atoms with Gasteiger partial charge in [0.1, 0.15) is 17.8 Å². The Labute approximate surface area is 254 Å². The summed E-state index contributed by atoms with van der Waals surface area (Å²) in [7, 11) is 1.67. The van der Waals surface area contributed by atoms with Gasteiger partial charge in [0.25, 0.3) is 0 Å². The molecule has 0 bridgehead atoms. The lowest BCUT2D eigenvalue weighted by Gasteiger charge is -2.08. The first kappa shape index (κ1) is 34.5. The second kappa shape index (κ2) is 21.0. The van der Waals surface area contributed by atoms with Gasteiger partial charge in [-0.25, -0.2) is 9.59 Å². The zero-order valence-corrected chi connectivity index (χ0v) is 24.7. The summed E-state index contributed by atoms with van der Waals surface area (Å²) in [4.78, 5) is 32.2. The number of hydrogen-bond donors (Lipinski definition) is 0. The molecule has 0 amide bonds. The highest BCUT2D eigenvalue weighted by Gasteiger charge is 2.03. The Balaban J connectivity index is 0.00000151. The average molecular weight is 585 g/mol. The predicted molar refractivity (Wildman–Crippen MR) is 170 cm³/mol. The van der Waals surface area contributed by atoms with Gasteiger partial charge in [-0.1, -0.05) is 61.7 Å². The molecule has 3 aromatic carbocycles. The van der Waals surface area contributed by atoms with E-state index in [2.05, 4.69) is 13.2 Å². The number of esters is 2. The Morgan fingerprint density at radius 2 is 1.30 bits per heavy atom. The summed E-state index contributed by atoms with van der Waals surface area (Å²) in [5.41, 5.74) is 4.19. The van der Waals surface area contributed by atoms with Gasteiger partial charge in [0.2, 0.25) is 0 Å². The van der Waals surface area contributed by atoms with Crippen molar-refractivity contribution in [1.82, 2.24) is 0 Å². The van der Waals surface area contributed by atoms with E-state index in [0.717, 1.165) is 60.1 Å². The molecular formula is C36H40O7. The molecule has 0 fully saturated rings. The molecule has 0 spiro atoms. The van der Waals surface area contributed by atoms with Crippen LogP contribution in [0.5, 0.6) is 11.5 Å². The Kier molecular flexibility index (Phi) is 16.8. The first-order valence-electron chi connectivity index (χ1n) is 14.2. The van der Waals surface area contributed by atoms with E-state index >= 15 is 0 Å². The SMILES string of the molecule is C=CC(=O)OCCCCCCOc1ccc(-c2ccc(/C=C/C(=O)Oc3ccc(CCOC)cc3)cc2)cc1.C=CC=O. The lowest BCUT2D eigenvalue weighted by molar-refractivity contribution is -0.137. The Morgan fingerprint density at radius 1 is 0.721 bits per heavy atom. The minimum atomic E-state index is -0.423. The lowest BCUT2D eigenvalue weighted by Crippen LogP contribution is -2.03. The number of aldehydes is 1. The molecule has 0 saturated carbocycles. The van der Waals surface area contributed by atoms with Crippen molar-refractivity contribution in [2.75, 3.05) is 26.9 Å². The number of rotatable bonds is 17. The van der Waals surface area contributed by atoms with Crippen LogP contribution in [0.15, 0.2) is 104 Å². The third-order valence-electron chi connectivity index (χ3n) is 6.06. The molecule has 0 aliphatic heterocycles. The molecule has 0 aliphatic carbocycles. The second-order valence-corrected chi connectivity index (χ2v) is 9.29. The van der Waals surface area contributed by atoms with Crippen molar-refractivity contribution in [1.29, 1.82) is 0 Å². The summed E-state index contributed by atoms with van der Waals surface area (Å²) in [6, 6.07) is 23.4. The molecule has 3 aromatic rings. The fourth-order valence-corrected chi connectivity index (χ4v) is 3.77. The average Bonchev–Trinajstić information content (AvgIpc) is 3.05. The Morgan fingerprint density at radius 3 is 1.88 bits per heavy atom. The highest BCUT2D eigenvalue weighted by molar-refractivity contribution is 5.88. The van der Waals surface area contributed by atoms with E-state index in [-0.39, 0.29) is 5.97 Å². The van der Waals surface area contributed by atoms with E-state index in [4.69, 9.17) is 23.7 Å². The summed E-state index contributed by atoms with van der Waals surface area (Å²) in [6.45, 7) is 8.22. The van der Waals surface area contributed by atoms with Gasteiger partial charge < -0.3 is 18.9 Å². The molecule has 0 aromatic heterocycles. The van der Waals surface area contributed by atoms with Gasteiger partial charge in [0.15, 0.2) is 0 Å². The first-order valence-corrected chi connectivity index (χ1v) is 14.2. The largest absolute Gasteiger partial charge is 0.494 e. The molecule has 0 N–H and O–H groups in total. The summed E-state index contributed by atoms with van der Waals surface area (Å²) in [5, 5.41) is 0. The van der Waals surface area contributed by atoms with Crippen LogP contribution in [0.2, 0.25) is 0 Å². The van der Waals surface area contributed by atoms with E-state index < -0.39 is 5.97 Å². The Hall–Kier alpha value is -4.75. The van der Waals surface area contributed by atoms with Crippen LogP contribution < -0.4 is 9.47 Å². The number of carbonyl (C=O) groups is 3. The number of unbranched alkanes of at least 4 members (excludes halogenated alkanes) is 3. The van der Waals surface area contributed by atoms with Crippen LogP contribution in [0.25, 0.3) is 17.2 Å². The molecule has 0 unspecified atom stereocenters. The summed E-state index contributed by atoms with van der Waals surface area (Å²) in [6.07, 6.45) is 10.8. The van der Waals surface area contributed by atoms with Crippen molar-refractivity contribution in [2.24, 2.45) is 0 Å². The van der Waals surface area contributed by atoms with Gasteiger partial charge in [-0.2, -0.15) is 0 Å². The summed E-state index contributed by atoms with van der Waals surface area (Å²) < 4.78 is 21.3. The van der Waals surface area contributed by atoms with Gasteiger partial charge in [-0.05, 0) is 90.8 Å². The normalized spacial score (nSPS) is 10.3. The number of carbonyl (C=O) groups excluding carboxylic acids is 3. The molecule has 7 nitrogen and oxygen atoms in total. The van der Waals surface area contributed by atoms with Crippen molar-refractivity contribution >= 4 is 24.3 Å². The number of hydrogen-bond acceptors (Lipinski definition) is 7. The molecule has 3 rings (SSSR count). The summed E-state index contributed by atoms with van der Waals surface area (Å²) >= 11 is 0. The maximum Gasteiger partial charge on any atom is 0.336 e. The number of allylic oxidation sites excluding steroid dienone is 1. The molecule has 226 valence electrons. The number of ether oxygens (including phenoxy) is 4. The van der Waals surface area contributed by atoms with Crippen molar-refractivity contribution in [3.05, 3.63) is 115 Å². The minimum Gasteiger partial charge on any atom is -0.494 e. The van der Waals surface area contributed by atoms with Crippen molar-refractivity contribution < 1.29 is 33.3 Å². The standard InChI is InChI=1S/C33H36O6.C3H4O/c1-3-32(34)38-24-7-5-4-6-23-37-30-19-15-29(16-20-30)28-13-8-26(9-14-28)12-21-33(35)39-31-17-10-27(11-18-31)22-25-36-2;1-2-3-4/h3,8-21H,1,4-7,22-25H2,2H3;2-3H,1H2/b21-12+;. The fraction of sp³-hybridized carbons (Fsp3) is 0.250. The quantitative estimate of drug-likeness (QED) is 0.0545. The van der Waals surface area contributed by atoms with Crippen LogP contribution in [-0.4, -0.2) is 45.2 Å². The van der Waals surface area contributed by atoms with Gasteiger partial charge in [0, 0.05) is 19.3 Å². The topological polar surface area (TPSA) is 88.1 Å². The predicted octanol–water partition coefficient (Wildman–Crippen LogP) is 7.20. The van der Waals surface area contributed by atoms with E-state index in [1.54, 1.807) is 25.3 Å². The highest BCUT2D eigenvalue weighted by Crippen LogP contribution is 2.23. The maximum absolute atomic E-state index is 12.2. The van der Waals surface area contributed by atoms with E-state index in [0.29, 0.717) is 31.9 Å². The van der Waals surface area contributed by atoms with Crippen LogP contribution in [0.4, 0.5) is 0 Å². The summed E-state index contributed by atoms with van der Waals surface area (Å²) in [5.74, 6) is 0.552. The molecule has 0 aliphatic rings. The third kappa shape index (κ3) is 14.6. The third-order valence-corrected chi connectivity index (χ3v) is 6.06. The fourth-order valence-electron chi connectivity index (χ4n) is 3.77. The first-order chi connectivity index (χ1) is 21.0. The van der Waals surface area contributed by atoms with Crippen LogP contribution in [-0.2, 0) is 30.3 Å². The van der Waals surface area contributed by atoms with Gasteiger partial charge in [-0.3, -0.25) is 4.79 Å². The van der Waals surface area contributed by atoms with Crippen LogP contribution in [0.3, 0.4) is 0 Å².